The van der Waals surface area contributed by atoms with Crippen LogP contribution in [0.5, 0.6) is 0 Å². The summed E-state index contributed by atoms with van der Waals surface area (Å²) in [5, 5.41) is 9.25. The van der Waals surface area contributed by atoms with Crippen LogP contribution >= 0.6 is 11.6 Å². The van der Waals surface area contributed by atoms with E-state index in [1.54, 1.807) is 6.07 Å². The summed E-state index contributed by atoms with van der Waals surface area (Å²) in [5.74, 6) is 0. The lowest BCUT2D eigenvalue weighted by atomic mass is 10.2. The van der Waals surface area contributed by atoms with Gasteiger partial charge in [0.25, 0.3) is 0 Å². The second-order valence-corrected chi connectivity index (χ2v) is 6.39. The number of aliphatic hydroxyl groups is 1. The average molecular weight is 304 g/mol. The van der Waals surface area contributed by atoms with Crippen molar-refractivity contribution in [2.75, 3.05) is 13.1 Å². The van der Waals surface area contributed by atoms with Crippen molar-refractivity contribution in [3.8, 4) is 0 Å². The number of halogens is 1. The van der Waals surface area contributed by atoms with Gasteiger partial charge in [0.2, 0.25) is 10.0 Å². The van der Waals surface area contributed by atoms with Crippen molar-refractivity contribution in [3.05, 3.63) is 41.4 Å². The molecule has 0 saturated carbocycles. The van der Waals surface area contributed by atoms with E-state index >= 15 is 0 Å². The van der Waals surface area contributed by atoms with Crippen LogP contribution in [0.15, 0.2) is 35.7 Å². The van der Waals surface area contributed by atoms with Crippen LogP contribution in [0.2, 0.25) is 5.02 Å². The third kappa shape index (κ3) is 3.79. The van der Waals surface area contributed by atoms with Gasteiger partial charge in [-0.2, -0.15) is 4.31 Å². The molecule has 0 bridgehead atoms. The molecule has 1 aromatic carbocycles. The quantitative estimate of drug-likeness (QED) is 0.787. The molecule has 106 valence electrons. The molecule has 1 rings (SSSR count). The lowest BCUT2D eigenvalue weighted by Gasteiger charge is -2.21. The molecule has 0 unspecified atom stereocenters. The molecule has 0 aliphatic heterocycles. The molecule has 1 N–H and O–H groups in total. The Hall–Kier alpha value is -0.880. The molecule has 0 heterocycles. The Bertz CT molecular complexity index is 543. The second kappa shape index (κ2) is 7.05. The monoisotopic (exact) mass is 303 g/mol. The van der Waals surface area contributed by atoms with Gasteiger partial charge in [0.05, 0.1) is 11.6 Å². The van der Waals surface area contributed by atoms with E-state index in [9.17, 15) is 8.42 Å². The fourth-order valence-corrected chi connectivity index (χ4v) is 3.71. The Balaban J connectivity index is 3.27. The van der Waals surface area contributed by atoms with Crippen LogP contribution in [0.4, 0.5) is 0 Å². The van der Waals surface area contributed by atoms with E-state index in [0.29, 0.717) is 18.5 Å². The molecule has 0 atom stereocenters. The van der Waals surface area contributed by atoms with Crippen molar-refractivity contribution in [2.24, 2.45) is 0 Å². The Labute approximate surface area is 119 Å². The fourth-order valence-electron chi connectivity index (χ4n) is 1.69. The van der Waals surface area contributed by atoms with Crippen molar-refractivity contribution >= 4 is 21.6 Å². The number of aliphatic hydroxyl groups excluding tert-OH is 1. The Morgan fingerprint density at radius 2 is 2.16 bits per heavy atom. The van der Waals surface area contributed by atoms with Gasteiger partial charge in [-0.3, -0.25) is 0 Å². The minimum absolute atomic E-state index is 0.0241. The molecule has 4 nitrogen and oxygen atoms in total. The first kappa shape index (κ1) is 16.2. The summed E-state index contributed by atoms with van der Waals surface area (Å²) in [6.07, 6.45) is 2.24. The van der Waals surface area contributed by atoms with Crippen LogP contribution in [-0.2, 0) is 16.6 Å². The molecule has 6 heteroatoms. The van der Waals surface area contributed by atoms with Crippen LogP contribution in [0.25, 0.3) is 0 Å². The molecule has 0 amide bonds. The molecular weight excluding hydrogens is 286 g/mol. The summed E-state index contributed by atoms with van der Waals surface area (Å²) in [5.41, 5.74) is 0.512. The molecule has 0 radical (unpaired) electrons. The zero-order chi connectivity index (χ0) is 14.5. The van der Waals surface area contributed by atoms with Gasteiger partial charge in [-0.15, -0.1) is 6.58 Å². The fraction of sp³-hybridized carbons (Fsp3) is 0.385. The molecule has 0 fully saturated rings. The summed E-state index contributed by atoms with van der Waals surface area (Å²) in [7, 11) is -3.67. The maximum absolute atomic E-state index is 12.5. The van der Waals surface area contributed by atoms with Crippen molar-refractivity contribution in [2.45, 2.75) is 24.8 Å². The first-order valence-electron chi connectivity index (χ1n) is 5.97. The van der Waals surface area contributed by atoms with E-state index in [1.165, 1.54) is 22.5 Å². The molecular formula is C13H18ClNO3S. The molecule has 19 heavy (non-hydrogen) atoms. The highest BCUT2D eigenvalue weighted by Gasteiger charge is 2.25. The van der Waals surface area contributed by atoms with Crippen LogP contribution in [0.3, 0.4) is 0 Å². The zero-order valence-electron chi connectivity index (χ0n) is 10.8. The number of rotatable bonds is 7. The smallest absolute Gasteiger partial charge is 0.244 e. The van der Waals surface area contributed by atoms with Gasteiger partial charge < -0.3 is 5.11 Å². The molecule has 1 aromatic rings. The van der Waals surface area contributed by atoms with Gasteiger partial charge in [0.1, 0.15) is 4.90 Å². The van der Waals surface area contributed by atoms with Crippen molar-refractivity contribution in [1.82, 2.24) is 4.31 Å². The Morgan fingerprint density at radius 1 is 1.47 bits per heavy atom. The maximum Gasteiger partial charge on any atom is 0.244 e. The van der Waals surface area contributed by atoms with Gasteiger partial charge in [0, 0.05) is 13.1 Å². The van der Waals surface area contributed by atoms with Gasteiger partial charge >= 0.3 is 0 Å². The second-order valence-electron chi connectivity index (χ2n) is 4.07. The normalized spacial score (nSPS) is 11.8. The summed E-state index contributed by atoms with van der Waals surface area (Å²) in [4.78, 5) is 0.0241. The summed E-state index contributed by atoms with van der Waals surface area (Å²) in [6.45, 7) is 5.87. The van der Waals surface area contributed by atoms with Crippen LogP contribution in [0.1, 0.15) is 18.9 Å². The van der Waals surface area contributed by atoms with Crippen molar-refractivity contribution < 1.29 is 13.5 Å². The lowest BCUT2D eigenvalue weighted by molar-refractivity contribution is 0.281. The van der Waals surface area contributed by atoms with Crippen LogP contribution in [-0.4, -0.2) is 30.9 Å². The van der Waals surface area contributed by atoms with Crippen LogP contribution < -0.4 is 0 Å². The van der Waals surface area contributed by atoms with E-state index in [2.05, 4.69) is 6.58 Å². The largest absolute Gasteiger partial charge is 0.392 e. The molecule has 0 saturated heterocycles. The number of sulfonamides is 1. The van der Waals surface area contributed by atoms with E-state index in [-0.39, 0.29) is 23.1 Å². The third-order valence-electron chi connectivity index (χ3n) is 2.60. The first-order chi connectivity index (χ1) is 8.97. The summed E-state index contributed by atoms with van der Waals surface area (Å²) >= 11 is 5.97. The number of nitrogens with zero attached hydrogens (tertiary/aromatic N) is 1. The van der Waals surface area contributed by atoms with E-state index < -0.39 is 10.0 Å². The first-order valence-corrected chi connectivity index (χ1v) is 7.79. The van der Waals surface area contributed by atoms with Crippen LogP contribution in [0, 0.1) is 0 Å². The van der Waals surface area contributed by atoms with Gasteiger partial charge in [-0.1, -0.05) is 30.7 Å². The van der Waals surface area contributed by atoms with E-state index in [0.717, 1.165) is 0 Å². The SMILES string of the molecule is C=CCN(CCC)S(=O)(=O)c1cc(CO)ccc1Cl. The Kier molecular flexibility index (Phi) is 6.00. The molecule has 0 spiro atoms. The highest BCUT2D eigenvalue weighted by Crippen LogP contribution is 2.26. The number of benzene rings is 1. The number of hydrogen-bond donors (Lipinski definition) is 1. The number of hydrogen-bond acceptors (Lipinski definition) is 3. The standard InChI is InChI=1S/C13H18ClNO3S/c1-3-7-15(8-4-2)19(17,18)13-9-11(10-16)5-6-12(13)14/h3,5-6,9,16H,1,4,7-8,10H2,2H3. The highest BCUT2D eigenvalue weighted by molar-refractivity contribution is 7.89. The Morgan fingerprint density at radius 3 is 2.68 bits per heavy atom. The van der Waals surface area contributed by atoms with Gasteiger partial charge in [-0.05, 0) is 24.1 Å². The highest BCUT2D eigenvalue weighted by atomic mass is 35.5. The molecule has 0 aliphatic rings. The zero-order valence-corrected chi connectivity index (χ0v) is 12.4. The predicted molar refractivity (Wildman–Crippen MR) is 76.6 cm³/mol. The predicted octanol–water partition coefficient (Wildman–Crippen LogP) is 2.42. The van der Waals surface area contributed by atoms with Crippen molar-refractivity contribution in [3.63, 3.8) is 0 Å². The molecule has 0 aliphatic carbocycles. The summed E-state index contributed by atoms with van der Waals surface area (Å²) < 4.78 is 26.3. The minimum atomic E-state index is -3.67. The average Bonchev–Trinajstić information content (AvgIpc) is 2.39. The van der Waals surface area contributed by atoms with Crippen molar-refractivity contribution in [1.29, 1.82) is 0 Å². The van der Waals surface area contributed by atoms with E-state index in [1.807, 2.05) is 6.92 Å². The van der Waals surface area contributed by atoms with Gasteiger partial charge in [0.15, 0.2) is 0 Å². The maximum atomic E-state index is 12.5. The molecule has 0 aromatic heterocycles. The lowest BCUT2D eigenvalue weighted by Crippen LogP contribution is -2.32. The minimum Gasteiger partial charge on any atom is -0.392 e. The topological polar surface area (TPSA) is 57.6 Å². The third-order valence-corrected chi connectivity index (χ3v) is 4.95. The van der Waals surface area contributed by atoms with E-state index in [4.69, 9.17) is 16.7 Å². The van der Waals surface area contributed by atoms with Gasteiger partial charge in [-0.25, -0.2) is 8.42 Å². The summed E-state index contributed by atoms with van der Waals surface area (Å²) in [6, 6.07) is 4.49.